The zero-order chi connectivity index (χ0) is 19.1. The summed E-state index contributed by atoms with van der Waals surface area (Å²) < 4.78 is 19.8. The van der Waals surface area contributed by atoms with Crippen LogP contribution >= 0.6 is 0 Å². The van der Waals surface area contributed by atoms with Gasteiger partial charge in [0.05, 0.1) is 5.52 Å². The standard InChI is InChI=1S/C20H22N2.H3NO2S/c1-4-16-10-11-20-19(14-16)17(12-13-21(2)3)15-22(20)18-8-6-5-7-9-18;1-4(2)3/h4-11,14-15H,1,12-13H2,2-3H3;1H2,(H,2,3)/p-1. The predicted molar refractivity (Wildman–Crippen MR) is 109 cm³/mol. The Morgan fingerprint density at radius 3 is 2.46 bits per heavy atom. The van der Waals surface area contributed by atoms with Gasteiger partial charge in [-0.1, -0.05) is 36.9 Å². The van der Waals surface area contributed by atoms with Gasteiger partial charge in [0.1, 0.15) is 0 Å². The van der Waals surface area contributed by atoms with Gasteiger partial charge >= 0.3 is 0 Å². The maximum absolute atomic E-state index is 8.78. The summed E-state index contributed by atoms with van der Waals surface area (Å²) in [5.74, 6) is 0. The fraction of sp³-hybridized carbons (Fsp3) is 0.200. The molecular formula is C20H24N3O2S-. The van der Waals surface area contributed by atoms with Crippen molar-refractivity contribution in [1.29, 1.82) is 0 Å². The number of likely N-dealkylation sites (N-methyl/N-ethyl adjacent to an activating group) is 1. The van der Waals surface area contributed by atoms with E-state index in [0.717, 1.165) is 13.0 Å². The van der Waals surface area contributed by atoms with Gasteiger partial charge in [-0.2, -0.15) is 0 Å². The van der Waals surface area contributed by atoms with Gasteiger partial charge in [-0.25, -0.2) is 0 Å². The number of aromatic nitrogens is 1. The monoisotopic (exact) mass is 370 g/mol. The molecule has 3 aromatic rings. The first kappa shape index (κ1) is 20.1. The fourth-order valence-corrected chi connectivity index (χ4v) is 2.79. The third-order valence-electron chi connectivity index (χ3n) is 4.01. The highest BCUT2D eigenvalue weighted by Crippen LogP contribution is 2.27. The predicted octanol–water partition coefficient (Wildman–Crippen LogP) is 3.12. The molecule has 1 atom stereocenters. The summed E-state index contributed by atoms with van der Waals surface area (Å²) in [5, 5.41) is 5.35. The van der Waals surface area contributed by atoms with E-state index in [0.29, 0.717) is 0 Å². The number of hydrogen-bond acceptors (Lipinski definition) is 3. The van der Waals surface area contributed by atoms with Crippen LogP contribution in [0, 0.1) is 0 Å². The second kappa shape index (κ2) is 9.45. The lowest BCUT2D eigenvalue weighted by Gasteiger charge is -2.08. The molecule has 2 aromatic carbocycles. The molecule has 0 saturated heterocycles. The molecule has 1 heterocycles. The molecule has 5 nitrogen and oxygen atoms in total. The van der Waals surface area contributed by atoms with Crippen LogP contribution in [0.4, 0.5) is 0 Å². The van der Waals surface area contributed by atoms with Gasteiger partial charge < -0.3 is 14.0 Å². The lowest BCUT2D eigenvalue weighted by Crippen LogP contribution is -2.14. The number of fused-ring (bicyclic) bond motifs is 1. The molecule has 26 heavy (non-hydrogen) atoms. The van der Waals surface area contributed by atoms with E-state index < -0.39 is 11.3 Å². The summed E-state index contributed by atoms with van der Waals surface area (Å²) in [6.45, 7) is 4.94. The minimum atomic E-state index is -2.36. The maximum Gasteiger partial charge on any atom is 0.0531 e. The van der Waals surface area contributed by atoms with Crippen LogP contribution in [0.3, 0.4) is 0 Å². The second-order valence-electron chi connectivity index (χ2n) is 6.15. The number of para-hydroxylation sites is 1. The van der Waals surface area contributed by atoms with E-state index in [2.05, 4.69) is 90.0 Å². The summed E-state index contributed by atoms with van der Waals surface area (Å²) in [5.41, 5.74) is 5.01. The summed E-state index contributed by atoms with van der Waals surface area (Å²) in [6.07, 6.45) is 5.23. The second-order valence-corrected chi connectivity index (χ2v) is 6.68. The average molecular weight is 370 g/mol. The van der Waals surface area contributed by atoms with Gasteiger partial charge in [0.25, 0.3) is 0 Å². The van der Waals surface area contributed by atoms with Gasteiger partial charge in [0.15, 0.2) is 0 Å². The highest BCUT2D eigenvalue weighted by molar-refractivity contribution is 7.76. The molecule has 0 spiro atoms. The minimum Gasteiger partial charge on any atom is -0.760 e. The largest absolute Gasteiger partial charge is 0.760 e. The molecule has 0 fully saturated rings. The molecule has 0 aliphatic heterocycles. The minimum absolute atomic E-state index is 1.05. The topological polar surface area (TPSA) is 74.3 Å². The average Bonchev–Trinajstić information content (AvgIpc) is 2.98. The fourth-order valence-electron chi connectivity index (χ4n) is 2.79. The third kappa shape index (κ3) is 5.37. The van der Waals surface area contributed by atoms with E-state index in [4.69, 9.17) is 8.76 Å². The van der Waals surface area contributed by atoms with Gasteiger partial charge in [-0.15, -0.1) is 0 Å². The highest BCUT2D eigenvalue weighted by Gasteiger charge is 2.10. The number of hydrogen-bond donors (Lipinski definition) is 1. The molecule has 1 aromatic heterocycles. The number of benzene rings is 2. The molecular weight excluding hydrogens is 346 g/mol. The van der Waals surface area contributed by atoms with Crippen LogP contribution < -0.4 is 5.14 Å². The van der Waals surface area contributed by atoms with Crippen LogP contribution in [0.2, 0.25) is 0 Å². The molecule has 0 saturated carbocycles. The highest BCUT2D eigenvalue weighted by atomic mass is 32.2. The first-order valence-corrected chi connectivity index (χ1v) is 9.36. The summed E-state index contributed by atoms with van der Waals surface area (Å²) in [4.78, 5) is 2.23. The lowest BCUT2D eigenvalue weighted by molar-refractivity contribution is 0.414. The van der Waals surface area contributed by atoms with Crippen molar-refractivity contribution in [3.05, 3.63) is 72.4 Å². The van der Waals surface area contributed by atoms with Crippen molar-refractivity contribution in [3.8, 4) is 5.69 Å². The summed E-state index contributed by atoms with van der Waals surface area (Å²) in [6, 6.07) is 17.1. The summed E-state index contributed by atoms with van der Waals surface area (Å²) in [7, 11) is 4.23. The Labute approximate surface area is 157 Å². The van der Waals surface area contributed by atoms with Crippen molar-refractivity contribution < 1.29 is 8.76 Å². The molecule has 0 radical (unpaired) electrons. The van der Waals surface area contributed by atoms with Crippen LogP contribution in [0.25, 0.3) is 22.7 Å². The maximum atomic E-state index is 8.78. The molecule has 138 valence electrons. The number of rotatable bonds is 5. The Hall–Kier alpha value is -2.25. The first-order valence-electron chi connectivity index (χ1n) is 8.22. The van der Waals surface area contributed by atoms with Crippen molar-refractivity contribution in [1.82, 2.24) is 9.47 Å². The molecule has 0 aliphatic carbocycles. The smallest absolute Gasteiger partial charge is 0.0531 e. The van der Waals surface area contributed by atoms with Crippen LogP contribution in [-0.4, -0.2) is 38.9 Å². The van der Waals surface area contributed by atoms with Crippen molar-refractivity contribution >= 4 is 28.2 Å². The van der Waals surface area contributed by atoms with E-state index in [1.165, 1.54) is 27.7 Å². The first-order chi connectivity index (χ1) is 12.4. The third-order valence-corrected chi connectivity index (χ3v) is 4.01. The molecule has 6 heteroatoms. The Balaban J connectivity index is 0.000000552. The van der Waals surface area contributed by atoms with E-state index in [1.54, 1.807) is 0 Å². The van der Waals surface area contributed by atoms with E-state index in [-0.39, 0.29) is 0 Å². The van der Waals surface area contributed by atoms with Crippen LogP contribution in [0.15, 0.2) is 61.3 Å². The zero-order valence-electron chi connectivity index (χ0n) is 15.1. The molecule has 3 rings (SSSR count). The normalized spacial score (nSPS) is 11.9. The van der Waals surface area contributed by atoms with Crippen molar-refractivity contribution in [2.24, 2.45) is 5.14 Å². The van der Waals surface area contributed by atoms with Gasteiger partial charge in [-0.05, 0) is 55.9 Å². The Kier molecular flexibility index (Phi) is 7.29. The van der Waals surface area contributed by atoms with E-state index in [9.17, 15) is 0 Å². The van der Waals surface area contributed by atoms with E-state index >= 15 is 0 Å². The Morgan fingerprint density at radius 1 is 1.23 bits per heavy atom. The Morgan fingerprint density at radius 2 is 1.88 bits per heavy atom. The van der Waals surface area contributed by atoms with E-state index in [1.807, 2.05) is 6.08 Å². The summed E-state index contributed by atoms with van der Waals surface area (Å²) >= 11 is -2.36. The lowest BCUT2D eigenvalue weighted by atomic mass is 10.1. The van der Waals surface area contributed by atoms with Crippen molar-refractivity contribution in [3.63, 3.8) is 0 Å². The van der Waals surface area contributed by atoms with Gasteiger partial charge in [0.2, 0.25) is 0 Å². The van der Waals surface area contributed by atoms with Gasteiger partial charge in [-0.3, -0.25) is 9.35 Å². The molecule has 2 N–H and O–H groups in total. The molecule has 1 unspecified atom stereocenters. The molecule has 0 aliphatic rings. The molecule has 0 amide bonds. The number of nitrogens with two attached hydrogens (primary N) is 1. The van der Waals surface area contributed by atoms with Crippen molar-refractivity contribution in [2.75, 3.05) is 20.6 Å². The van der Waals surface area contributed by atoms with Crippen LogP contribution in [-0.2, 0) is 17.7 Å². The molecule has 0 bridgehead atoms. The van der Waals surface area contributed by atoms with Crippen LogP contribution in [0.5, 0.6) is 0 Å². The van der Waals surface area contributed by atoms with Crippen molar-refractivity contribution in [2.45, 2.75) is 6.42 Å². The SMILES string of the molecule is C=Cc1ccc2c(c1)c(CCN(C)C)cn2-c1ccccc1.NS(=O)[O-]. The number of nitrogens with zero attached hydrogens (tertiary/aromatic N) is 2. The van der Waals surface area contributed by atoms with Crippen LogP contribution in [0.1, 0.15) is 11.1 Å². The zero-order valence-corrected chi connectivity index (χ0v) is 15.9. The van der Waals surface area contributed by atoms with Gasteiger partial charge in [0, 0.05) is 35.1 Å². The Bertz CT molecular complexity index is 885. The quantitative estimate of drug-likeness (QED) is 0.701.